The molecule has 2 saturated carbocycles. The number of halogens is 2. The summed E-state index contributed by atoms with van der Waals surface area (Å²) in [4.78, 5) is 0. The third-order valence-electron chi connectivity index (χ3n) is 8.82. The maximum Gasteiger partial charge on any atom is 0.162 e. The predicted molar refractivity (Wildman–Crippen MR) is 128 cm³/mol. The Balaban J connectivity index is 1.39. The molecule has 1 nitrogen and oxygen atoms in total. The van der Waals surface area contributed by atoms with Gasteiger partial charge in [0.1, 0.15) is 0 Å². The van der Waals surface area contributed by atoms with Gasteiger partial charge in [-0.3, -0.25) is 0 Å². The van der Waals surface area contributed by atoms with Gasteiger partial charge in [0.25, 0.3) is 0 Å². The summed E-state index contributed by atoms with van der Waals surface area (Å²) in [6.45, 7) is 5.31. The molecule has 0 bridgehead atoms. The van der Waals surface area contributed by atoms with Crippen LogP contribution in [0.4, 0.5) is 8.78 Å². The van der Waals surface area contributed by atoms with Crippen LogP contribution in [0.5, 0.6) is 0 Å². The fraction of sp³-hybridized carbons (Fsp3) is 0.793. The van der Waals surface area contributed by atoms with E-state index >= 15 is 8.78 Å². The molecule has 3 aliphatic rings. The molecular formula is C29H44F2O. The first-order chi connectivity index (χ1) is 15.6. The fourth-order valence-corrected chi connectivity index (χ4v) is 6.83. The standard InChI is InChI=1S/C29H44F2O/c1-3-5-7-8-20-9-10-24-19-27(29(31)28(30)26(24)16-20)23-12-11-22-18-25(32-15-6-4-2)14-13-21(22)17-23/h19-23,25H,3-18H2,1-2H3. The number of hydrogen-bond acceptors (Lipinski definition) is 1. The van der Waals surface area contributed by atoms with Crippen molar-refractivity contribution in [3.8, 4) is 0 Å². The number of aryl methyl sites for hydroxylation is 1. The van der Waals surface area contributed by atoms with E-state index in [1.165, 1.54) is 38.5 Å². The second kappa shape index (κ2) is 11.4. The third kappa shape index (κ3) is 5.57. The molecule has 5 atom stereocenters. The molecule has 5 unspecified atom stereocenters. The summed E-state index contributed by atoms with van der Waals surface area (Å²) in [7, 11) is 0. The maximum atomic E-state index is 15.3. The first-order valence-electron chi connectivity index (χ1n) is 13.7. The van der Waals surface area contributed by atoms with Crippen molar-refractivity contribution >= 4 is 0 Å². The van der Waals surface area contributed by atoms with Crippen LogP contribution in [-0.2, 0) is 17.6 Å². The zero-order valence-electron chi connectivity index (χ0n) is 20.4. The number of fused-ring (bicyclic) bond motifs is 2. The Morgan fingerprint density at radius 3 is 2.47 bits per heavy atom. The minimum Gasteiger partial charge on any atom is -0.378 e. The molecule has 0 amide bonds. The lowest BCUT2D eigenvalue weighted by Gasteiger charge is -2.42. The van der Waals surface area contributed by atoms with Crippen molar-refractivity contribution in [1.82, 2.24) is 0 Å². The van der Waals surface area contributed by atoms with Crippen molar-refractivity contribution in [3.05, 3.63) is 34.4 Å². The lowest BCUT2D eigenvalue weighted by Crippen LogP contribution is -2.34. The Hall–Kier alpha value is -0.960. The van der Waals surface area contributed by atoms with Crippen LogP contribution in [0.25, 0.3) is 0 Å². The Labute approximate surface area is 194 Å². The topological polar surface area (TPSA) is 9.23 Å². The van der Waals surface area contributed by atoms with E-state index in [-0.39, 0.29) is 5.92 Å². The molecule has 1 aromatic carbocycles. The number of hydrogen-bond donors (Lipinski definition) is 0. The summed E-state index contributed by atoms with van der Waals surface area (Å²) < 4.78 is 36.6. The van der Waals surface area contributed by atoms with Gasteiger partial charge in [-0.15, -0.1) is 0 Å². The van der Waals surface area contributed by atoms with Crippen LogP contribution in [0, 0.1) is 29.4 Å². The van der Waals surface area contributed by atoms with Crippen molar-refractivity contribution in [2.75, 3.05) is 6.61 Å². The molecule has 0 aromatic heterocycles. The highest BCUT2D eigenvalue weighted by Gasteiger charge is 2.38. The van der Waals surface area contributed by atoms with Crippen LogP contribution in [0.1, 0.15) is 120 Å². The molecule has 0 radical (unpaired) electrons. The second-order valence-electron chi connectivity index (χ2n) is 11.0. The van der Waals surface area contributed by atoms with Crippen LogP contribution in [0.15, 0.2) is 6.07 Å². The molecule has 0 aliphatic heterocycles. The lowest BCUT2D eigenvalue weighted by atomic mass is 9.65. The van der Waals surface area contributed by atoms with Gasteiger partial charge in [-0.25, -0.2) is 8.78 Å². The molecule has 0 N–H and O–H groups in total. The number of unbranched alkanes of at least 4 members (excludes halogenated alkanes) is 3. The highest BCUT2D eigenvalue weighted by molar-refractivity contribution is 5.38. The second-order valence-corrected chi connectivity index (χ2v) is 11.0. The summed E-state index contributed by atoms with van der Waals surface area (Å²) in [5.74, 6) is 1.03. The smallest absolute Gasteiger partial charge is 0.162 e. The number of ether oxygens (including phenoxy) is 1. The number of benzene rings is 1. The largest absolute Gasteiger partial charge is 0.378 e. The van der Waals surface area contributed by atoms with Crippen LogP contribution < -0.4 is 0 Å². The van der Waals surface area contributed by atoms with E-state index in [1.807, 2.05) is 0 Å². The van der Waals surface area contributed by atoms with Gasteiger partial charge >= 0.3 is 0 Å². The van der Waals surface area contributed by atoms with E-state index in [9.17, 15) is 0 Å². The van der Waals surface area contributed by atoms with Gasteiger partial charge in [-0.05, 0) is 105 Å². The van der Waals surface area contributed by atoms with Crippen molar-refractivity contribution in [3.63, 3.8) is 0 Å². The van der Waals surface area contributed by atoms with Gasteiger partial charge in [0.15, 0.2) is 11.6 Å². The molecule has 2 fully saturated rings. The van der Waals surface area contributed by atoms with Crippen LogP contribution in [0.2, 0.25) is 0 Å². The highest BCUT2D eigenvalue weighted by atomic mass is 19.2. The van der Waals surface area contributed by atoms with Gasteiger partial charge in [0, 0.05) is 6.61 Å². The Kier molecular flexibility index (Phi) is 8.65. The normalized spacial score (nSPS) is 30.1. The zero-order chi connectivity index (χ0) is 22.5. The van der Waals surface area contributed by atoms with Gasteiger partial charge < -0.3 is 4.74 Å². The zero-order valence-corrected chi connectivity index (χ0v) is 20.4. The van der Waals surface area contributed by atoms with Crippen molar-refractivity contribution in [2.45, 2.75) is 122 Å². The quantitative estimate of drug-likeness (QED) is 0.345. The molecule has 32 heavy (non-hydrogen) atoms. The average Bonchev–Trinajstić information content (AvgIpc) is 2.81. The molecule has 4 rings (SSSR count). The summed E-state index contributed by atoms with van der Waals surface area (Å²) in [6.07, 6.45) is 17.0. The molecule has 0 saturated heterocycles. The van der Waals surface area contributed by atoms with Crippen molar-refractivity contribution in [2.24, 2.45) is 17.8 Å². The predicted octanol–water partition coefficient (Wildman–Crippen LogP) is 8.52. The lowest BCUT2D eigenvalue weighted by molar-refractivity contribution is -0.0161. The highest BCUT2D eigenvalue weighted by Crippen LogP contribution is 2.48. The Morgan fingerprint density at radius 1 is 0.875 bits per heavy atom. The molecule has 0 heterocycles. The van der Waals surface area contributed by atoms with E-state index in [1.54, 1.807) is 0 Å². The summed E-state index contributed by atoms with van der Waals surface area (Å²) in [5.41, 5.74) is 2.48. The summed E-state index contributed by atoms with van der Waals surface area (Å²) in [5, 5.41) is 0. The Morgan fingerprint density at radius 2 is 1.66 bits per heavy atom. The minimum absolute atomic E-state index is 0.191. The van der Waals surface area contributed by atoms with Crippen LogP contribution in [0.3, 0.4) is 0 Å². The summed E-state index contributed by atoms with van der Waals surface area (Å²) in [6, 6.07) is 2.07. The Bertz CT molecular complexity index is 745. The van der Waals surface area contributed by atoms with Crippen molar-refractivity contribution < 1.29 is 13.5 Å². The molecular weight excluding hydrogens is 402 g/mol. The van der Waals surface area contributed by atoms with Gasteiger partial charge in [-0.1, -0.05) is 52.0 Å². The van der Waals surface area contributed by atoms with Gasteiger partial charge in [0.2, 0.25) is 0 Å². The van der Waals surface area contributed by atoms with E-state index in [0.717, 1.165) is 70.0 Å². The van der Waals surface area contributed by atoms with Crippen LogP contribution >= 0.6 is 0 Å². The van der Waals surface area contributed by atoms with Gasteiger partial charge in [-0.2, -0.15) is 0 Å². The SMILES string of the molecule is CCCCCC1CCc2cc(C3CCC4CC(OCCCC)CCC4C3)c(F)c(F)c2C1. The first-order valence-corrected chi connectivity index (χ1v) is 13.7. The fourth-order valence-electron chi connectivity index (χ4n) is 6.83. The number of rotatable bonds is 9. The van der Waals surface area contributed by atoms with E-state index in [0.29, 0.717) is 35.0 Å². The third-order valence-corrected chi connectivity index (χ3v) is 8.82. The van der Waals surface area contributed by atoms with Gasteiger partial charge in [0.05, 0.1) is 6.10 Å². The first kappa shape index (κ1) is 24.2. The molecule has 0 spiro atoms. The van der Waals surface area contributed by atoms with E-state index < -0.39 is 11.6 Å². The van der Waals surface area contributed by atoms with Crippen molar-refractivity contribution in [1.29, 1.82) is 0 Å². The minimum atomic E-state index is -0.530. The monoisotopic (exact) mass is 446 g/mol. The average molecular weight is 447 g/mol. The molecule has 180 valence electrons. The summed E-state index contributed by atoms with van der Waals surface area (Å²) >= 11 is 0. The molecule has 3 aliphatic carbocycles. The van der Waals surface area contributed by atoms with E-state index in [2.05, 4.69) is 19.9 Å². The molecule has 3 heteroatoms. The van der Waals surface area contributed by atoms with Crippen LogP contribution in [-0.4, -0.2) is 12.7 Å². The van der Waals surface area contributed by atoms with E-state index in [4.69, 9.17) is 4.74 Å². The maximum absolute atomic E-state index is 15.3. The molecule has 1 aromatic rings.